The van der Waals surface area contributed by atoms with E-state index in [-0.39, 0.29) is 19.7 Å². The molecule has 7 heteroatoms. The number of hydrogen-bond acceptors (Lipinski definition) is 4. The van der Waals surface area contributed by atoms with Gasteiger partial charge >= 0.3 is 0 Å². The SMILES string of the molecule is CC(C)N(CCO)S(=O)(=O)c1ccc(C#CCN)cc1F. The van der Waals surface area contributed by atoms with Crippen LogP contribution in [0.5, 0.6) is 0 Å². The number of aliphatic hydroxyl groups excluding tert-OH is 1. The van der Waals surface area contributed by atoms with Gasteiger partial charge in [-0.15, -0.1) is 0 Å². The van der Waals surface area contributed by atoms with Gasteiger partial charge in [-0.05, 0) is 32.0 Å². The Labute approximate surface area is 124 Å². The van der Waals surface area contributed by atoms with Crippen molar-refractivity contribution >= 4 is 10.0 Å². The summed E-state index contributed by atoms with van der Waals surface area (Å²) in [6.07, 6.45) is 0. The number of aliphatic hydroxyl groups is 1. The zero-order valence-electron chi connectivity index (χ0n) is 12.0. The number of sulfonamides is 1. The summed E-state index contributed by atoms with van der Waals surface area (Å²) in [4.78, 5) is -0.428. The Kier molecular flexibility index (Phi) is 6.30. The first-order chi connectivity index (χ1) is 9.84. The lowest BCUT2D eigenvalue weighted by molar-refractivity contribution is 0.236. The molecule has 0 saturated carbocycles. The minimum atomic E-state index is -4.00. The summed E-state index contributed by atoms with van der Waals surface area (Å²) in [6, 6.07) is 3.28. The first-order valence-electron chi connectivity index (χ1n) is 6.45. The highest BCUT2D eigenvalue weighted by Crippen LogP contribution is 2.21. The summed E-state index contributed by atoms with van der Waals surface area (Å²) in [6.45, 7) is 3.03. The van der Waals surface area contributed by atoms with Crippen molar-refractivity contribution in [2.75, 3.05) is 19.7 Å². The van der Waals surface area contributed by atoms with E-state index in [9.17, 15) is 12.8 Å². The summed E-state index contributed by atoms with van der Waals surface area (Å²) in [5.74, 6) is 4.33. The van der Waals surface area contributed by atoms with E-state index in [0.29, 0.717) is 5.56 Å². The number of nitrogens with zero attached hydrogens (tertiary/aromatic N) is 1. The van der Waals surface area contributed by atoms with Crippen LogP contribution in [0.3, 0.4) is 0 Å². The fourth-order valence-electron chi connectivity index (χ4n) is 1.82. The number of nitrogens with two attached hydrogens (primary N) is 1. The third-order valence-electron chi connectivity index (χ3n) is 2.75. The highest BCUT2D eigenvalue weighted by atomic mass is 32.2. The van der Waals surface area contributed by atoms with Crippen LogP contribution in [0.25, 0.3) is 0 Å². The van der Waals surface area contributed by atoms with Crippen molar-refractivity contribution in [3.05, 3.63) is 29.6 Å². The van der Waals surface area contributed by atoms with Crippen LogP contribution in [-0.4, -0.2) is 43.6 Å². The Bertz CT molecular complexity index is 648. The molecule has 0 aliphatic carbocycles. The molecule has 1 aromatic carbocycles. The number of hydrogen-bond donors (Lipinski definition) is 2. The number of rotatable bonds is 5. The number of halogens is 1. The van der Waals surface area contributed by atoms with E-state index in [1.165, 1.54) is 12.1 Å². The van der Waals surface area contributed by atoms with Crippen molar-refractivity contribution in [1.82, 2.24) is 4.31 Å². The predicted octanol–water partition coefficient (Wildman–Crippen LogP) is 0.527. The maximum Gasteiger partial charge on any atom is 0.246 e. The standard InChI is InChI=1S/C14H19FN2O3S/c1-11(2)17(8-9-18)21(19,20)14-6-5-12(4-3-7-16)10-13(14)15/h5-6,10-11,18H,7-9,16H2,1-2H3. The van der Waals surface area contributed by atoms with Gasteiger partial charge in [0.25, 0.3) is 0 Å². The first kappa shape index (κ1) is 17.6. The normalized spacial score (nSPS) is 11.6. The maximum absolute atomic E-state index is 14.1. The van der Waals surface area contributed by atoms with Gasteiger partial charge in [-0.25, -0.2) is 12.8 Å². The third-order valence-corrected chi connectivity index (χ3v) is 4.86. The molecule has 116 valence electrons. The maximum atomic E-state index is 14.1. The quantitative estimate of drug-likeness (QED) is 0.777. The van der Waals surface area contributed by atoms with Gasteiger partial charge < -0.3 is 10.8 Å². The van der Waals surface area contributed by atoms with Crippen molar-refractivity contribution < 1.29 is 17.9 Å². The average Bonchev–Trinajstić information content (AvgIpc) is 2.41. The van der Waals surface area contributed by atoms with Crippen LogP contribution in [0, 0.1) is 17.7 Å². The fourth-order valence-corrected chi connectivity index (χ4v) is 3.50. The molecule has 0 unspecified atom stereocenters. The van der Waals surface area contributed by atoms with Crippen LogP contribution in [0.1, 0.15) is 19.4 Å². The largest absolute Gasteiger partial charge is 0.395 e. The van der Waals surface area contributed by atoms with Gasteiger partial charge in [0.2, 0.25) is 10.0 Å². The van der Waals surface area contributed by atoms with Gasteiger partial charge in [-0.2, -0.15) is 4.31 Å². The molecule has 1 rings (SSSR count). The summed E-state index contributed by atoms with van der Waals surface area (Å²) >= 11 is 0. The van der Waals surface area contributed by atoms with Gasteiger partial charge in [0.1, 0.15) is 10.7 Å². The molecule has 5 nitrogen and oxygen atoms in total. The van der Waals surface area contributed by atoms with Crippen LogP contribution in [0.2, 0.25) is 0 Å². The molecule has 0 atom stereocenters. The van der Waals surface area contributed by atoms with Crippen molar-refractivity contribution in [3.63, 3.8) is 0 Å². The molecule has 0 radical (unpaired) electrons. The highest BCUT2D eigenvalue weighted by molar-refractivity contribution is 7.89. The van der Waals surface area contributed by atoms with E-state index < -0.39 is 26.8 Å². The van der Waals surface area contributed by atoms with Crippen LogP contribution in [0.15, 0.2) is 23.1 Å². The summed E-state index contributed by atoms with van der Waals surface area (Å²) < 4.78 is 40.0. The molecule has 0 heterocycles. The first-order valence-corrected chi connectivity index (χ1v) is 7.89. The Hall–Kier alpha value is -1.46. The predicted molar refractivity (Wildman–Crippen MR) is 78.4 cm³/mol. The van der Waals surface area contributed by atoms with Gasteiger partial charge in [-0.3, -0.25) is 0 Å². The fraction of sp³-hybridized carbons (Fsp3) is 0.429. The molecular formula is C14H19FN2O3S. The molecule has 0 spiro atoms. The van der Waals surface area contributed by atoms with Gasteiger partial charge in [0, 0.05) is 18.2 Å². The van der Waals surface area contributed by atoms with E-state index in [2.05, 4.69) is 11.8 Å². The Balaban J connectivity index is 3.25. The molecule has 0 aromatic heterocycles. The lowest BCUT2D eigenvalue weighted by atomic mass is 10.2. The molecule has 0 bridgehead atoms. The average molecular weight is 314 g/mol. The molecule has 0 amide bonds. The minimum absolute atomic E-state index is 0.0891. The van der Waals surface area contributed by atoms with Crippen LogP contribution in [0.4, 0.5) is 4.39 Å². The van der Waals surface area contributed by atoms with Crippen LogP contribution >= 0.6 is 0 Å². The zero-order chi connectivity index (χ0) is 16.0. The van der Waals surface area contributed by atoms with E-state index in [1.54, 1.807) is 13.8 Å². The zero-order valence-corrected chi connectivity index (χ0v) is 12.8. The minimum Gasteiger partial charge on any atom is -0.395 e. The second kappa shape index (κ2) is 7.52. The van der Waals surface area contributed by atoms with E-state index >= 15 is 0 Å². The van der Waals surface area contributed by atoms with Gasteiger partial charge in [0.15, 0.2) is 0 Å². The van der Waals surface area contributed by atoms with Crippen molar-refractivity contribution in [3.8, 4) is 11.8 Å². The van der Waals surface area contributed by atoms with E-state index in [4.69, 9.17) is 10.8 Å². The molecular weight excluding hydrogens is 295 g/mol. The monoisotopic (exact) mass is 314 g/mol. The molecule has 0 fully saturated rings. The van der Waals surface area contributed by atoms with Crippen LogP contribution < -0.4 is 5.73 Å². The van der Waals surface area contributed by atoms with Gasteiger partial charge in [-0.1, -0.05) is 11.8 Å². The topological polar surface area (TPSA) is 83.6 Å². The van der Waals surface area contributed by atoms with Crippen molar-refractivity contribution in [2.24, 2.45) is 5.73 Å². The van der Waals surface area contributed by atoms with Crippen LogP contribution in [-0.2, 0) is 10.0 Å². The summed E-state index contributed by atoms with van der Waals surface area (Å²) in [5, 5.41) is 8.98. The lowest BCUT2D eigenvalue weighted by Gasteiger charge is -2.25. The van der Waals surface area contributed by atoms with E-state index in [0.717, 1.165) is 10.4 Å². The number of benzene rings is 1. The van der Waals surface area contributed by atoms with Crippen molar-refractivity contribution in [1.29, 1.82) is 0 Å². The summed E-state index contributed by atoms with van der Waals surface area (Å²) in [7, 11) is -4.00. The second-order valence-corrected chi connectivity index (χ2v) is 6.44. The molecule has 0 saturated heterocycles. The smallest absolute Gasteiger partial charge is 0.246 e. The van der Waals surface area contributed by atoms with E-state index in [1.807, 2.05) is 0 Å². The summed E-state index contributed by atoms with van der Waals surface area (Å²) in [5.41, 5.74) is 5.58. The Morgan fingerprint density at radius 1 is 1.43 bits per heavy atom. The van der Waals surface area contributed by atoms with Crippen molar-refractivity contribution in [2.45, 2.75) is 24.8 Å². The lowest BCUT2D eigenvalue weighted by Crippen LogP contribution is -2.39. The third kappa shape index (κ3) is 4.25. The highest BCUT2D eigenvalue weighted by Gasteiger charge is 2.29. The van der Waals surface area contributed by atoms with Gasteiger partial charge in [0.05, 0.1) is 13.2 Å². The Morgan fingerprint density at radius 2 is 2.10 bits per heavy atom. The molecule has 3 N–H and O–H groups in total. The molecule has 0 aliphatic heterocycles. The second-order valence-electron chi connectivity index (χ2n) is 4.58. The molecule has 21 heavy (non-hydrogen) atoms. The molecule has 1 aromatic rings. The Morgan fingerprint density at radius 3 is 2.57 bits per heavy atom. The molecule has 0 aliphatic rings.